The van der Waals surface area contributed by atoms with Crippen LogP contribution in [0.2, 0.25) is 0 Å². The summed E-state index contributed by atoms with van der Waals surface area (Å²) in [4.78, 5) is 21.9. The highest BCUT2D eigenvalue weighted by atomic mass is 32.2. The van der Waals surface area contributed by atoms with Gasteiger partial charge in [0.05, 0.1) is 41.3 Å². The highest BCUT2D eigenvalue weighted by molar-refractivity contribution is 7.82. The molecular formula is C29H34FN5O4S. The fraction of sp³-hybridized carbons (Fsp3) is 0.345. The first-order valence-electron chi connectivity index (χ1n) is 12.9. The number of pyridine rings is 1. The van der Waals surface area contributed by atoms with Crippen LogP contribution < -0.4 is 15.8 Å². The number of rotatable bonds is 8. The molecule has 0 spiro atoms. The summed E-state index contributed by atoms with van der Waals surface area (Å²) in [6.07, 6.45) is 4.14. The highest BCUT2D eigenvalue weighted by Gasteiger charge is 2.20. The third-order valence-electron chi connectivity index (χ3n) is 6.12. The van der Waals surface area contributed by atoms with Gasteiger partial charge >= 0.3 is 0 Å². The number of hydrogen-bond acceptors (Lipinski definition) is 7. The molecule has 0 saturated carbocycles. The second-order valence-corrected chi connectivity index (χ2v) is 11.8. The summed E-state index contributed by atoms with van der Waals surface area (Å²) in [5.74, 6) is -0.213. The van der Waals surface area contributed by atoms with E-state index in [1.165, 1.54) is 18.5 Å². The van der Waals surface area contributed by atoms with Crippen molar-refractivity contribution in [3.05, 3.63) is 71.4 Å². The van der Waals surface area contributed by atoms with Crippen LogP contribution in [0.15, 0.2) is 64.4 Å². The van der Waals surface area contributed by atoms with Gasteiger partial charge in [0.1, 0.15) is 28.3 Å². The summed E-state index contributed by atoms with van der Waals surface area (Å²) < 4.78 is 41.8. The number of benzene rings is 2. The minimum absolute atomic E-state index is 0.192. The van der Waals surface area contributed by atoms with E-state index in [-0.39, 0.29) is 23.1 Å². The number of nitrogens with zero attached hydrogens (tertiary/aromatic N) is 3. The van der Waals surface area contributed by atoms with Gasteiger partial charge in [-0.05, 0) is 63.6 Å². The fourth-order valence-electron chi connectivity index (χ4n) is 4.01. The van der Waals surface area contributed by atoms with E-state index < -0.39 is 22.7 Å². The molecule has 1 amide bonds. The monoisotopic (exact) mass is 567 g/mol. The number of ether oxygens (including phenoxy) is 2. The van der Waals surface area contributed by atoms with Crippen molar-refractivity contribution in [1.82, 2.24) is 14.6 Å². The summed E-state index contributed by atoms with van der Waals surface area (Å²) in [6.45, 7) is 9.58. The first-order valence-corrected chi connectivity index (χ1v) is 14.0. The van der Waals surface area contributed by atoms with E-state index in [4.69, 9.17) is 15.2 Å². The Bertz CT molecular complexity index is 1480. The Morgan fingerprint density at radius 3 is 2.67 bits per heavy atom. The Hall–Kier alpha value is -3.67. The first-order chi connectivity index (χ1) is 19.1. The van der Waals surface area contributed by atoms with E-state index in [9.17, 15) is 9.00 Å². The average molecular weight is 568 g/mol. The zero-order valence-electron chi connectivity index (χ0n) is 23.1. The van der Waals surface area contributed by atoms with Gasteiger partial charge in [-0.25, -0.2) is 12.9 Å². The molecule has 40 heavy (non-hydrogen) atoms. The van der Waals surface area contributed by atoms with Crippen LogP contribution in [-0.4, -0.2) is 57.5 Å². The fourth-order valence-corrected chi connectivity index (χ4v) is 5.19. The van der Waals surface area contributed by atoms with E-state index in [0.29, 0.717) is 59.3 Å². The van der Waals surface area contributed by atoms with Crippen molar-refractivity contribution < 1.29 is 22.9 Å². The van der Waals surface area contributed by atoms with Crippen molar-refractivity contribution in [2.24, 2.45) is 10.7 Å². The number of carbonyl (C=O) groups excluding carboxylic acids is 1. The molecule has 2 heterocycles. The van der Waals surface area contributed by atoms with Gasteiger partial charge in [-0.15, -0.1) is 0 Å². The Labute approximate surface area is 235 Å². The molecule has 0 aliphatic carbocycles. The number of carbonyl (C=O) groups is 1. The molecule has 1 aromatic heterocycles. The lowest BCUT2D eigenvalue weighted by Crippen LogP contribution is -2.37. The number of morpholine rings is 1. The number of aromatic nitrogens is 1. The van der Waals surface area contributed by atoms with Gasteiger partial charge in [-0.3, -0.25) is 14.8 Å². The van der Waals surface area contributed by atoms with E-state index >= 15 is 4.39 Å². The Morgan fingerprint density at radius 1 is 1.23 bits per heavy atom. The minimum Gasteiger partial charge on any atom is -0.456 e. The molecule has 9 nitrogen and oxygen atoms in total. The van der Waals surface area contributed by atoms with Crippen molar-refractivity contribution in [3.8, 4) is 11.5 Å². The maximum Gasteiger partial charge on any atom is 0.228 e. The SMILES string of the molecule is Cc1c(Oc2ccnc3ccc(S(=O)N4CCOCC4)cc23)ccc(CC(=O)N/C(C=NC(C)(C)C)=C/N)c1F. The molecule has 1 unspecified atom stereocenters. The van der Waals surface area contributed by atoms with Gasteiger partial charge in [0, 0.05) is 42.7 Å². The van der Waals surface area contributed by atoms with Crippen LogP contribution >= 0.6 is 0 Å². The van der Waals surface area contributed by atoms with E-state index in [1.807, 2.05) is 25.1 Å². The zero-order chi connectivity index (χ0) is 28.9. The van der Waals surface area contributed by atoms with Crippen molar-refractivity contribution in [3.63, 3.8) is 0 Å². The predicted octanol–water partition coefficient (Wildman–Crippen LogP) is 4.16. The number of nitrogens with one attached hydrogen (secondary N) is 1. The number of aliphatic imine (C=N–C) groups is 1. The number of allylic oxidation sites excluding steroid dienone is 1. The topological polar surface area (TPSA) is 119 Å². The second kappa shape index (κ2) is 12.7. The van der Waals surface area contributed by atoms with Crippen LogP contribution in [0.25, 0.3) is 10.9 Å². The lowest BCUT2D eigenvalue weighted by molar-refractivity contribution is -0.119. The number of fused-ring (bicyclic) bond motifs is 1. The molecule has 1 atom stereocenters. The number of nitrogens with two attached hydrogens (primary N) is 1. The summed E-state index contributed by atoms with van der Waals surface area (Å²) >= 11 is 0. The summed E-state index contributed by atoms with van der Waals surface area (Å²) in [6, 6.07) is 10.2. The largest absolute Gasteiger partial charge is 0.456 e. The maximum absolute atomic E-state index is 15.3. The zero-order valence-corrected chi connectivity index (χ0v) is 23.9. The first kappa shape index (κ1) is 29.3. The molecule has 1 aliphatic heterocycles. The molecule has 3 N–H and O–H groups in total. The van der Waals surface area contributed by atoms with Crippen LogP contribution in [0.4, 0.5) is 4.39 Å². The predicted molar refractivity (Wildman–Crippen MR) is 154 cm³/mol. The molecule has 2 aromatic carbocycles. The van der Waals surface area contributed by atoms with Crippen LogP contribution in [0.3, 0.4) is 0 Å². The third-order valence-corrected chi connectivity index (χ3v) is 7.61. The molecule has 1 aliphatic rings. The van der Waals surface area contributed by atoms with Crippen LogP contribution in [0.1, 0.15) is 31.9 Å². The van der Waals surface area contributed by atoms with Crippen LogP contribution in [-0.2, 0) is 26.9 Å². The van der Waals surface area contributed by atoms with Gasteiger partial charge in [-0.2, -0.15) is 0 Å². The molecule has 1 fully saturated rings. The molecule has 0 radical (unpaired) electrons. The summed E-state index contributed by atoms with van der Waals surface area (Å²) in [5, 5.41) is 3.31. The maximum atomic E-state index is 15.3. The number of hydrogen-bond donors (Lipinski definition) is 2. The standard InChI is InChI=1S/C29H34FN5O4S/c1-19-25(8-5-20(28(19)30)15-27(36)34-21(17-31)18-33-29(2,3)4)39-26-9-10-32-24-7-6-22(16-23(24)26)40(37)35-11-13-38-14-12-35/h5-10,16-18H,11-15,31H2,1-4H3,(H,34,36)/b21-17+,33-18?. The van der Waals surface area contributed by atoms with Gasteiger partial charge in [0.2, 0.25) is 5.91 Å². The molecule has 3 aromatic rings. The normalized spacial score (nSPS) is 15.9. The van der Waals surface area contributed by atoms with Crippen LogP contribution in [0, 0.1) is 12.7 Å². The average Bonchev–Trinajstić information content (AvgIpc) is 2.94. The lowest BCUT2D eigenvalue weighted by atomic mass is 10.1. The Balaban J connectivity index is 1.52. The van der Waals surface area contributed by atoms with E-state index in [2.05, 4.69) is 15.3 Å². The van der Waals surface area contributed by atoms with Gasteiger partial charge in [-0.1, -0.05) is 6.07 Å². The molecule has 4 rings (SSSR count). The Morgan fingerprint density at radius 2 is 1.98 bits per heavy atom. The van der Waals surface area contributed by atoms with Crippen molar-refractivity contribution in [1.29, 1.82) is 0 Å². The smallest absolute Gasteiger partial charge is 0.228 e. The highest BCUT2D eigenvalue weighted by Crippen LogP contribution is 2.33. The van der Waals surface area contributed by atoms with E-state index in [0.717, 1.165) is 0 Å². The minimum atomic E-state index is -1.36. The lowest BCUT2D eigenvalue weighted by Gasteiger charge is -2.25. The van der Waals surface area contributed by atoms with Gasteiger partial charge < -0.3 is 20.5 Å². The van der Waals surface area contributed by atoms with Crippen molar-refractivity contribution >= 4 is 34.0 Å². The van der Waals surface area contributed by atoms with Crippen molar-refractivity contribution in [2.75, 3.05) is 26.3 Å². The van der Waals surface area contributed by atoms with E-state index in [1.54, 1.807) is 43.5 Å². The Kier molecular flexibility index (Phi) is 9.28. The molecule has 0 bridgehead atoms. The molecule has 212 valence electrons. The van der Waals surface area contributed by atoms with Gasteiger partial charge in [0.25, 0.3) is 0 Å². The van der Waals surface area contributed by atoms with Gasteiger partial charge in [0.15, 0.2) is 0 Å². The molecule has 1 saturated heterocycles. The molecular weight excluding hydrogens is 533 g/mol. The quantitative estimate of drug-likeness (QED) is 0.395. The van der Waals surface area contributed by atoms with Crippen LogP contribution in [0.5, 0.6) is 11.5 Å². The summed E-state index contributed by atoms with van der Waals surface area (Å²) in [5.41, 5.74) is 6.73. The van der Waals surface area contributed by atoms with Crippen molar-refractivity contribution in [2.45, 2.75) is 44.6 Å². The number of amides is 1. The molecule has 11 heteroatoms. The number of halogens is 1. The third kappa shape index (κ3) is 7.29. The summed E-state index contributed by atoms with van der Waals surface area (Å²) in [7, 11) is -1.36. The second-order valence-electron chi connectivity index (χ2n) is 10.3.